The molecule has 0 spiro atoms. The van der Waals surface area contributed by atoms with Gasteiger partial charge in [0.2, 0.25) is 6.41 Å². The highest BCUT2D eigenvalue weighted by Gasteiger charge is 2.37. The SMILES string of the molecule is COCCC(=O)c1cc(C(=O)OC)c(NC=O)cc1C(F)(F)F.COCCC(=O)c1cc2c(=O)n(CS(C)(=O)=O)c(=O)[nH]c2cc1C(F)(F)F. The molecule has 0 saturated heterocycles. The summed E-state index contributed by atoms with van der Waals surface area (Å²) in [6.07, 6.45) is -9.49. The zero-order valence-corrected chi connectivity index (χ0v) is 27.4. The van der Waals surface area contributed by atoms with Gasteiger partial charge in [0.05, 0.1) is 53.6 Å². The van der Waals surface area contributed by atoms with Crippen molar-refractivity contribution in [3.05, 3.63) is 72.9 Å². The molecule has 3 rings (SSSR count). The van der Waals surface area contributed by atoms with E-state index >= 15 is 0 Å². The number of fused-ring (bicyclic) bond motifs is 1. The number of carbonyl (C=O) groups is 4. The molecule has 274 valence electrons. The van der Waals surface area contributed by atoms with Crippen LogP contribution in [0.5, 0.6) is 0 Å². The van der Waals surface area contributed by atoms with Gasteiger partial charge in [0.1, 0.15) is 5.88 Å². The van der Waals surface area contributed by atoms with Gasteiger partial charge in [-0.15, -0.1) is 0 Å². The summed E-state index contributed by atoms with van der Waals surface area (Å²) in [5, 5.41) is 1.59. The molecule has 0 saturated carbocycles. The first-order chi connectivity index (χ1) is 23.1. The molecule has 0 unspecified atom stereocenters. The van der Waals surface area contributed by atoms with E-state index in [-0.39, 0.29) is 38.0 Å². The summed E-state index contributed by atoms with van der Waals surface area (Å²) in [5.41, 5.74) is -7.52. The predicted molar refractivity (Wildman–Crippen MR) is 163 cm³/mol. The summed E-state index contributed by atoms with van der Waals surface area (Å²) in [5.74, 6) is -3.69. The number of hydrogen-bond donors (Lipinski definition) is 2. The van der Waals surface area contributed by atoms with Gasteiger partial charge in [-0.2, -0.15) is 26.3 Å². The second kappa shape index (κ2) is 16.7. The monoisotopic (exact) mass is 741 g/mol. The Bertz CT molecular complexity index is 2000. The van der Waals surface area contributed by atoms with Gasteiger partial charge in [-0.1, -0.05) is 0 Å². The highest BCUT2D eigenvalue weighted by Crippen LogP contribution is 2.37. The van der Waals surface area contributed by atoms with E-state index in [1.165, 1.54) is 14.2 Å². The minimum atomic E-state index is -4.91. The summed E-state index contributed by atoms with van der Waals surface area (Å²) >= 11 is 0. The maximum atomic E-state index is 13.3. The molecule has 1 amide bonds. The Hall–Kier alpha value is -4.89. The molecular formula is C29H29F6N3O11S. The van der Waals surface area contributed by atoms with Gasteiger partial charge in [-0.25, -0.2) is 22.6 Å². The summed E-state index contributed by atoms with van der Waals surface area (Å²) in [6, 6.07) is 2.50. The number of ketones is 2. The van der Waals surface area contributed by atoms with Crippen LogP contribution in [0.2, 0.25) is 0 Å². The normalized spacial score (nSPS) is 11.8. The molecule has 0 aliphatic heterocycles. The highest BCUT2D eigenvalue weighted by atomic mass is 32.2. The van der Waals surface area contributed by atoms with Crippen LogP contribution in [0.25, 0.3) is 10.9 Å². The largest absolute Gasteiger partial charge is 0.465 e. The number of methoxy groups -OCH3 is 3. The number of H-pyrrole nitrogens is 1. The fourth-order valence-corrected chi connectivity index (χ4v) is 5.01. The number of sulfone groups is 1. The zero-order valence-electron chi connectivity index (χ0n) is 26.5. The number of ether oxygens (including phenoxy) is 3. The second-order valence-electron chi connectivity index (χ2n) is 10.2. The molecular weight excluding hydrogens is 712 g/mol. The number of rotatable bonds is 13. The Balaban J connectivity index is 0.000000352. The minimum Gasteiger partial charge on any atom is -0.465 e. The Morgan fingerprint density at radius 3 is 1.78 bits per heavy atom. The van der Waals surface area contributed by atoms with Crippen molar-refractivity contribution < 1.29 is 68.1 Å². The average molecular weight is 742 g/mol. The fraction of sp³-hybridized carbons (Fsp3) is 0.379. The molecule has 2 aromatic carbocycles. The summed E-state index contributed by atoms with van der Waals surface area (Å²) in [6.45, 7) is -0.198. The molecule has 2 N–H and O–H groups in total. The van der Waals surface area contributed by atoms with Crippen molar-refractivity contribution in [2.75, 3.05) is 46.1 Å². The lowest BCUT2D eigenvalue weighted by Gasteiger charge is -2.16. The summed E-state index contributed by atoms with van der Waals surface area (Å²) < 4.78 is 116. The fourth-order valence-electron chi connectivity index (χ4n) is 4.30. The number of carbonyl (C=O) groups excluding carboxylic acids is 4. The zero-order chi connectivity index (χ0) is 38.2. The Morgan fingerprint density at radius 2 is 1.34 bits per heavy atom. The van der Waals surface area contributed by atoms with Crippen molar-refractivity contribution in [2.24, 2.45) is 0 Å². The van der Waals surface area contributed by atoms with Crippen LogP contribution in [0.15, 0.2) is 33.9 Å². The number of benzene rings is 2. The maximum absolute atomic E-state index is 13.3. The van der Waals surface area contributed by atoms with Gasteiger partial charge in [-0.05, 0) is 24.3 Å². The van der Waals surface area contributed by atoms with E-state index in [0.29, 0.717) is 22.8 Å². The van der Waals surface area contributed by atoms with Gasteiger partial charge in [0.25, 0.3) is 5.56 Å². The topological polar surface area (TPSA) is 197 Å². The summed E-state index contributed by atoms with van der Waals surface area (Å²) in [4.78, 5) is 72.7. The Kier molecular flexibility index (Phi) is 13.8. The van der Waals surface area contributed by atoms with Crippen molar-refractivity contribution in [1.29, 1.82) is 0 Å². The second-order valence-corrected chi connectivity index (χ2v) is 12.3. The molecule has 21 heteroatoms. The first kappa shape index (κ1) is 41.3. The van der Waals surface area contributed by atoms with Crippen molar-refractivity contribution >= 4 is 50.4 Å². The van der Waals surface area contributed by atoms with Crippen molar-refractivity contribution in [3.63, 3.8) is 0 Å². The molecule has 0 aliphatic carbocycles. The number of aromatic nitrogens is 2. The van der Waals surface area contributed by atoms with E-state index in [4.69, 9.17) is 0 Å². The van der Waals surface area contributed by atoms with Crippen LogP contribution in [-0.4, -0.2) is 82.7 Å². The number of anilines is 1. The Labute approximate surface area is 278 Å². The third-order valence-electron chi connectivity index (χ3n) is 6.54. The number of nitrogens with one attached hydrogen (secondary N) is 2. The van der Waals surface area contributed by atoms with E-state index < -0.39 is 95.7 Å². The van der Waals surface area contributed by atoms with Crippen LogP contribution in [0.1, 0.15) is 55.0 Å². The van der Waals surface area contributed by atoms with Gasteiger partial charge in [0.15, 0.2) is 21.4 Å². The molecule has 50 heavy (non-hydrogen) atoms. The standard InChI is InChI=1S/C15H15F3N2O6S.C14H14F3NO5/c1-26-4-3-12(21)8-5-9-11(6-10(8)15(16,17)18)19-14(23)20(13(9)22)7-27(2,24)25;1-22-4-3-12(20)8-5-9(13(21)23-2)11(18-7-19)6-10(8)14(15,16)17/h5-6H,3-4,7H2,1-2H3,(H,19,23);5-7H,3-4H2,1-2H3,(H,18,19). The molecule has 1 heterocycles. The quantitative estimate of drug-likeness (QED) is 0.113. The van der Waals surface area contributed by atoms with Crippen LogP contribution in [0.3, 0.4) is 0 Å². The maximum Gasteiger partial charge on any atom is 0.417 e. The third-order valence-corrected chi connectivity index (χ3v) is 7.27. The van der Waals surface area contributed by atoms with Gasteiger partial charge >= 0.3 is 24.0 Å². The number of nitrogens with zero attached hydrogens (tertiary/aromatic N) is 1. The number of halogens is 6. The smallest absolute Gasteiger partial charge is 0.417 e. The van der Waals surface area contributed by atoms with Gasteiger partial charge in [0, 0.05) is 44.4 Å². The summed E-state index contributed by atoms with van der Waals surface area (Å²) in [7, 11) is -0.185. The molecule has 1 aromatic heterocycles. The van der Waals surface area contributed by atoms with E-state index in [2.05, 4.69) is 19.2 Å². The van der Waals surface area contributed by atoms with Gasteiger partial charge < -0.3 is 24.5 Å². The van der Waals surface area contributed by atoms with Crippen molar-refractivity contribution in [3.8, 4) is 0 Å². The number of amides is 1. The van der Waals surface area contributed by atoms with Crippen LogP contribution in [-0.2, 0) is 47.1 Å². The van der Waals surface area contributed by atoms with Gasteiger partial charge in [-0.3, -0.25) is 19.2 Å². The molecule has 0 aliphatic rings. The molecule has 0 fully saturated rings. The highest BCUT2D eigenvalue weighted by molar-refractivity contribution is 7.89. The average Bonchev–Trinajstić information content (AvgIpc) is 3.02. The number of hydrogen-bond acceptors (Lipinski definition) is 11. The number of alkyl halides is 6. The lowest BCUT2D eigenvalue weighted by atomic mass is 9.97. The van der Waals surface area contributed by atoms with Crippen LogP contribution >= 0.6 is 0 Å². The van der Waals surface area contributed by atoms with E-state index in [0.717, 1.165) is 19.4 Å². The number of esters is 1. The lowest BCUT2D eigenvalue weighted by Crippen LogP contribution is -2.37. The van der Waals surface area contributed by atoms with Crippen LogP contribution in [0.4, 0.5) is 32.0 Å². The predicted octanol–water partition coefficient (Wildman–Crippen LogP) is 3.21. The molecule has 0 bridgehead atoms. The van der Waals surface area contributed by atoms with Crippen molar-refractivity contribution in [2.45, 2.75) is 31.1 Å². The number of Topliss-reactive ketones (excluding diaryl/α,β-unsaturated/α-hetero) is 2. The first-order valence-corrected chi connectivity index (χ1v) is 15.8. The van der Waals surface area contributed by atoms with Crippen LogP contribution in [0, 0.1) is 0 Å². The van der Waals surface area contributed by atoms with Crippen molar-refractivity contribution in [1.82, 2.24) is 9.55 Å². The lowest BCUT2D eigenvalue weighted by molar-refractivity contribution is -0.138. The van der Waals surface area contributed by atoms with Crippen LogP contribution < -0.4 is 16.6 Å². The third kappa shape index (κ3) is 10.6. The first-order valence-electron chi connectivity index (χ1n) is 13.7. The number of aromatic amines is 1. The van der Waals surface area contributed by atoms with E-state index in [9.17, 15) is 63.5 Å². The molecule has 14 nitrogen and oxygen atoms in total. The van der Waals surface area contributed by atoms with E-state index in [1.54, 1.807) is 0 Å². The van der Waals surface area contributed by atoms with E-state index in [1.807, 2.05) is 5.32 Å². The Morgan fingerprint density at radius 1 is 0.840 bits per heavy atom. The minimum absolute atomic E-state index is 0.0714. The molecule has 0 atom stereocenters. The molecule has 3 aromatic rings. The molecule has 0 radical (unpaired) electrons.